The Morgan fingerprint density at radius 3 is 2.75 bits per heavy atom. The minimum Gasteiger partial charge on any atom is -0.392 e. The number of amides is 1. The summed E-state index contributed by atoms with van der Waals surface area (Å²) in [6, 6.07) is 5.70. The smallest absolute Gasteiger partial charge is 0.244 e. The molecule has 1 aliphatic carbocycles. The van der Waals surface area contributed by atoms with Crippen LogP contribution in [0.25, 0.3) is 6.08 Å². The van der Waals surface area contributed by atoms with Crippen molar-refractivity contribution >= 4 is 23.6 Å². The average Bonchev–Trinajstić information content (AvgIpc) is 2.40. The van der Waals surface area contributed by atoms with Crippen molar-refractivity contribution in [2.45, 2.75) is 39.3 Å². The molecule has 0 radical (unpaired) electrons. The Kier molecular flexibility index (Phi) is 4.21. The maximum absolute atomic E-state index is 11.9. The number of carbonyl (C=O) groups excluding carboxylic acids is 1. The Bertz CT molecular complexity index is 551. The van der Waals surface area contributed by atoms with Crippen LogP contribution in [0.3, 0.4) is 0 Å². The molecule has 0 aromatic heterocycles. The number of aryl methyl sites for hydroxylation is 1. The van der Waals surface area contributed by atoms with Gasteiger partial charge in [0.05, 0.1) is 6.10 Å². The van der Waals surface area contributed by atoms with E-state index in [0.717, 1.165) is 11.1 Å². The number of aliphatic hydroxyl groups excluding tert-OH is 1. The second kappa shape index (κ2) is 5.58. The first-order chi connectivity index (χ1) is 9.30. The van der Waals surface area contributed by atoms with Gasteiger partial charge in [0.25, 0.3) is 0 Å². The number of nitrogens with one attached hydrogen (secondary N) is 1. The van der Waals surface area contributed by atoms with Gasteiger partial charge in [0, 0.05) is 22.6 Å². The van der Waals surface area contributed by atoms with Crippen LogP contribution in [0.2, 0.25) is 5.02 Å². The molecule has 1 amide bonds. The minimum atomic E-state index is -0.340. The number of carbonyl (C=O) groups is 1. The van der Waals surface area contributed by atoms with Gasteiger partial charge in [0.1, 0.15) is 0 Å². The molecule has 2 N–H and O–H groups in total. The normalized spacial score (nSPS) is 24.4. The maximum atomic E-state index is 11.9. The number of aliphatic hydroxyl groups is 1. The van der Waals surface area contributed by atoms with Crippen LogP contribution in [0, 0.1) is 12.3 Å². The molecule has 20 heavy (non-hydrogen) atoms. The van der Waals surface area contributed by atoms with E-state index in [9.17, 15) is 9.90 Å². The SMILES string of the molecule is Cc1ccc(/C=C/C(=O)NC2CC(O)C2(C)C)cc1Cl. The van der Waals surface area contributed by atoms with Gasteiger partial charge in [0.2, 0.25) is 5.91 Å². The van der Waals surface area contributed by atoms with Gasteiger partial charge in [0.15, 0.2) is 0 Å². The first kappa shape index (κ1) is 15.1. The lowest BCUT2D eigenvalue weighted by atomic mass is 9.64. The van der Waals surface area contributed by atoms with Crippen molar-refractivity contribution in [2.24, 2.45) is 5.41 Å². The molecule has 2 unspecified atom stereocenters. The Labute approximate surface area is 124 Å². The predicted molar refractivity (Wildman–Crippen MR) is 81.6 cm³/mol. The summed E-state index contributed by atoms with van der Waals surface area (Å²) in [5, 5.41) is 13.2. The van der Waals surface area contributed by atoms with Crippen molar-refractivity contribution in [1.82, 2.24) is 5.32 Å². The van der Waals surface area contributed by atoms with Gasteiger partial charge in [-0.25, -0.2) is 0 Å². The van der Waals surface area contributed by atoms with E-state index in [0.29, 0.717) is 11.4 Å². The first-order valence-corrected chi connectivity index (χ1v) is 7.11. The van der Waals surface area contributed by atoms with Gasteiger partial charge >= 0.3 is 0 Å². The Balaban J connectivity index is 1.94. The highest BCUT2D eigenvalue weighted by atomic mass is 35.5. The van der Waals surface area contributed by atoms with Gasteiger partial charge in [-0.2, -0.15) is 0 Å². The largest absolute Gasteiger partial charge is 0.392 e. The van der Waals surface area contributed by atoms with Crippen molar-refractivity contribution in [3.63, 3.8) is 0 Å². The highest BCUT2D eigenvalue weighted by Crippen LogP contribution is 2.40. The van der Waals surface area contributed by atoms with Crippen molar-refractivity contribution in [2.75, 3.05) is 0 Å². The molecule has 1 saturated carbocycles. The maximum Gasteiger partial charge on any atom is 0.244 e. The molecule has 0 heterocycles. The predicted octanol–water partition coefficient (Wildman–Crippen LogP) is 2.94. The summed E-state index contributed by atoms with van der Waals surface area (Å²) in [5.74, 6) is -0.147. The van der Waals surface area contributed by atoms with Crippen LogP contribution in [-0.2, 0) is 4.79 Å². The average molecular weight is 294 g/mol. The van der Waals surface area contributed by atoms with Crippen LogP contribution < -0.4 is 5.32 Å². The van der Waals surface area contributed by atoms with Crippen LogP contribution in [-0.4, -0.2) is 23.2 Å². The van der Waals surface area contributed by atoms with Gasteiger partial charge in [-0.1, -0.05) is 37.6 Å². The molecule has 1 aromatic carbocycles. The van der Waals surface area contributed by atoms with Crippen molar-refractivity contribution in [3.8, 4) is 0 Å². The quantitative estimate of drug-likeness (QED) is 0.842. The molecule has 1 aromatic rings. The number of hydrogen-bond acceptors (Lipinski definition) is 2. The topological polar surface area (TPSA) is 49.3 Å². The lowest BCUT2D eigenvalue weighted by Crippen LogP contribution is -2.60. The fourth-order valence-electron chi connectivity index (χ4n) is 2.25. The van der Waals surface area contributed by atoms with Crippen LogP contribution in [0.4, 0.5) is 0 Å². The molecule has 2 rings (SSSR count). The number of benzene rings is 1. The summed E-state index contributed by atoms with van der Waals surface area (Å²) in [6.45, 7) is 5.84. The molecule has 0 aliphatic heterocycles. The van der Waals surface area contributed by atoms with Gasteiger partial charge in [-0.05, 0) is 36.6 Å². The standard InChI is InChI=1S/C16H20ClNO2/c1-10-4-5-11(8-12(10)17)6-7-15(20)18-13-9-14(19)16(13,2)3/h4-8,13-14,19H,9H2,1-3H3,(H,18,20)/b7-6+. The zero-order valence-corrected chi connectivity index (χ0v) is 12.7. The lowest BCUT2D eigenvalue weighted by molar-refractivity contribution is -0.124. The Morgan fingerprint density at radius 2 is 2.20 bits per heavy atom. The molecule has 1 fully saturated rings. The third-order valence-corrected chi connectivity index (χ3v) is 4.56. The summed E-state index contributed by atoms with van der Waals surface area (Å²) >= 11 is 6.04. The molecular weight excluding hydrogens is 274 g/mol. The summed E-state index contributed by atoms with van der Waals surface area (Å²) in [6.07, 6.45) is 3.51. The monoisotopic (exact) mass is 293 g/mol. The van der Waals surface area contributed by atoms with E-state index in [4.69, 9.17) is 11.6 Å². The third-order valence-electron chi connectivity index (χ3n) is 4.16. The van der Waals surface area contributed by atoms with Crippen LogP contribution >= 0.6 is 11.6 Å². The molecule has 0 saturated heterocycles. The zero-order chi connectivity index (χ0) is 14.9. The zero-order valence-electron chi connectivity index (χ0n) is 12.0. The second-order valence-corrected chi connectivity index (χ2v) is 6.38. The summed E-state index contributed by atoms with van der Waals surface area (Å²) < 4.78 is 0. The van der Waals surface area contributed by atoms with Crippen molar-refractivity contribution in [1.29, 1.82) is 0 Å². The molecular formula is C16H20ClNO2. The molecule has 108 valence electrons. The van der Waals surface area contributed by atoms with E-state index in [1.54, 1.807) is 6.08 Å². The van der Waals surface area contributed by atoms with Gasteiger partial charge in [-0.3, -0.25) is 4.79 Å². The molecule has 2 atom stereocenters. The van der Waals surface area contributed by atoms with E-state index >= 15 is 0 Å². The second-order valence-electron chi connectivity index (χ2n) is 5.98. The fraction of sp³-hybridized carbons (Fsp3) is 0.438. The molecule has 4 heteroatoms. The van der Waals surface area contributed by atoms with Crippen LogP contribution in [0.15, 0.2) is 24.3 Å². The van der Waals surface area contributed by atoms with Crippen molar-refractivity contribution < 1.29 is 9.90 Å². The Hall–Kier alpha value is -1.32. The Morgan fingerprint density at radius 1 is 1.50 bits per heavy atom. The lowest BCUT2D eigenvalue weighted by Gasteiger charge is -2.49. The third kappa shape index (κ3) is 3.05. The molecule has 1 aliphatic rings. The number of hydrogen-bond donors (Lipinski definition) is 2. The van der Waals surface area contributed by atoms with E-state index in [1.165, 1.54) is 6.08 Å². The highest BCUT2D eigenvalue weighted by molar-refractivity contribution is 6.31. The minimum absolute atomic E-state index is 0.0243. The summed E-state index contributed by atoms with van der Waals surface area (Å²) in [4.78, 5) is 11.9. The molecule has 0 bridgehead atoms. The van der Waals surface area contributed by atoms with Gasteiger partial charge in [-0.15, -0.1) is 0 Å². The van der Waals surface area contributed by atoms with E-state index in [1.807, 2.05) is 39.0 Å². The number of rotatable bonds is 3. The number of halogens is 1. The molecule has 3 nitrogen and oxygen atoms in total. The first-order valence-electron chi connectivity index (χ1n) is 6.73. The van der Waals surface area contributed by atoms with E-state index in [-0.39, 0.29) is 23.5 Å². The fourth-order valence-corrected chi connectivity index (χ4v) is 2.44. The highest BCUT2D eigenvalue weighted by Gasteiger charge is 2.47. The van der Waals surface area contributed by atoms with E-state index < -0.39 is 0 Å². The molecule has 0 spiro atoms. The summed E-state index contributed by atoms with van der Waals surface area (Å²) in [7, 11) is 0. The van der Waals surface area contributed by atoms with Crippen LogP contribution in [0.5, 0.6) is 0 Å². The van der Waals surface area contributed by atoms with Gasteiger partial charge < -0.3 is 10.4 Å². The van der Waals surface area contributed by atoms with Crippen molar-refractivity contribution in [3.05, 3.63) is 40.4 Å². The van der Waals surface area contributed by atoms with E-state index in [2.05, 4.69) is 5.32 Å². The van der Waals surface area contributed by atoms with Crippen LogP contribution in [0.1, 0.15) is 31.4 Å². The summed E-state index contributed by atoms with van der Waals surface area (Å²) in [5.41, 5.74) is 1.65.